The van der Waals surface area contributed by atoms with Crippen molar-refractivity contribution >= 4 is 23.1 Å². The van der Waals surface area contributed by atoms with Gasteiger partial charge in [0.15, 0.2) is 0 Å². The Bertz CT molecular complexity index is 1440. The number of nitrogens with zero attached hydrogens (tertiary/aromatic N) is 3. The number of rotatable bonds is 6. The molecular formula is C33H31F2N3O2. The number of ether oxygens (including phenoxy) is 1. The van der Waals surface area contributed by atoms with Gasteiger partial charge in [0.2, 0.25) is 0 Å². The highest BCUT2D eigenvalue weighted by molar-refractivity contribution is 5.99. The third-order valence-corrected chi connectivity index (χ3v) is 7.05. The van der Waals surface area contributed by atoms with Crippen LogP contribution in [0.1, 0.15) is 36.5 Å². The number of aryl methyl sites for hydroxylation is 1. The summed E-state index contributed by atoms with van der Waals surface area (Å²) in [5, 5.41) is 0. The molecule has 1 saturated heterocycles. The van der Waals surface area contributed by atoms with E-state index in [1.54, 1.807) is 35.4 Å². The minimum atomic E-state index is -0.313. The number of halogens is 2. The molecule has 1 aliphatic heterocycles. The Labute approximate surface area is 233 Å². The van der Waals surface area contributed by atoms with E-state index in [1.807, 2.05) is 55.1 Å². The zero-order valence-electron chi connectivity index (χ0n) is 22.6. The number of aromatic nitrogens is 1. The molecule has 0 N–H and O–H groups in total. The molecule has 5 nitrogen and oxygen atoms in total. The number of carbonyl (C=O) groups is 1. The topological polar surface area (TPSA) is 45.7 Å². The molecule has 0 unspecified atom stereocenters. The fourth-order valence-corrected chi connectivity index (χ4v) is 5.06. The van der Waals surface area contributed by atoms with Crippen LogP contribution in [0.15, 0.2) is 96.7 Å². The zero-order valence-corrected chi connectivity index (χ0v) is 22.6. The molecule has 2 amide bonds. The van der Waals surface area contributed by atoms with Crippen molar-refractivity contribution in [3.05, 3.63) is 125 Å². The number of pyridine rings is 1. The second kappa shape index (κ2) is 12.1. The summed E-state index contributed by atoms with van der Waals surface area (Å²) in [6.07, 6.45) is 2.95. The highest BCUT2D eigenvalue weighted by atomic mass is 19.1. The molecule has 1 aliphatic rings. The SMILES string of the molecule is CCOc1ccc(N(C(=O)N2CCC(=C(c3ccc(F)cc3)c3ccc(F)cc3)CC2)c2ncccc2C)cc1. The van der Waals surface area contributed by atoms with E-state index >= 15 is 0 Å². The lowest BCUT2D eigenvalue weighted by molar-refractivity contribution is 0.203. The average molecular weight is 540 g/mol. The molecule has 1 fully saturated rings. The molecule has 0 spiro atoms. The van der Waals surface area contributed by atoms with E-state index in [-0.39, 0.29) is 17.7 Å². The van der Waals surface area contributed by atoms with Crippen molar-refractivity contribution in [1.29, 1.82) is 0 Å². The van der Waals surface area contributed by atoms with Crippen LogP contribution in [0.5, 0.6) is 5.75 Å². The smallest absolute Gasteiger partial charge is 0.330 e. The maximum atomic E-state index is 14.0. The molecule has 40 heavy (non-hydrogen) atoms. The predicted octanol–water partition coefficient (Wildman–Crippen LogP) is 7.92. The van der Waals surface area contributed by atoms with Crippen molar-refractivity contribution in [2.75, 3.05) is 24.6 Å². The summed E-state index contributed by atoms with van der Waals surface area (Å²) < 4.78 is 33.0. The van der Waals surface area contributed by atoms with Crippen molar-refractivity contribution in [1.82, 2.24) is 9.88 Å². The molecule has 0 atom stereocenters. The van der Waals surface area contributed by atoms with Crippen molar-refractivity contribution in [2.45, 2.75) is 26.7 Å². The number of benzene rings is 3. The number of amides is 2. The summed E-state index contributed by atoms with van der Waals surface area (Å²) >= 11 is 0. The summed E-state index contributed by atoms with van der Waals surface area (Å²) in [4.78, 5) is 22.1. The molecule has 0 bridgehead atoms. The number of hydrogen-bond donors (Lipinski definition) is 0. The fourth-order valence-electron chi connectivity index (χ4n) is 5.06. The van der Waals surface area contributed by atoms with Crippen molar-refractivity contribution in [3.63, 3.8) is 0 Å². The molecule has 0 radical (unpaired) electrons. The first kappa shape index (κ1) is 27.1. The van der Waals surface area contributed by atoms with Crippen molar-refractivity contribution in [2.24, 2.45) is 0 Å². The number of hydrogen-bond acceptors (Lipinski definition) is 3. The molecule has 204 valence electrons. The molecular weight excluding hydrogens is 508 g/mol. The molecule has 0 aliphatic carbocycles. The van der Waals surface area contributed by atoms with E-state index < -0.39 is 0 Å². The van der Waals surface area contributed by atoms with Gasteiger partial charge in [-0.05, 0) is 104 Å². The van der Waals surface area contributed by atoms with Crippen LogP contribution in [0.25, 0.3) is 5.57 Å². The van der Waals surface area contributed by atoms with E-state index in [2.05, 4.69) is 4.98 Å². The van der Waals surface area contributed by atoms with Gasteiger partial charge in [0, 0.05) is 19.3 Å². The minimum Gasteiger partial charge on any atom is -0.494 e. The maximum Gasteiger partial charge on any atom is 0.330 e. The number of carbonyl (C=O) groups excluding carboxylic acids is 1. The van der Waals surface area contributed by atoms with Gasteiger partial charge in [0.05, 0.1) is 12.3 Å². The summed E-state index contributed by atoms with van der Waals surface area (Å²) in [7, 11) is 0. The molecule has 3 aromatic carbocycles. The van der Waals surface area contributed by atoms with Gasteiger partial charge in [0.1, 0.15) is 23.2 Å². The summed E-state index contributed by atoms with van der Waals surface area (Å²) in [6, 6.07) is 23.8. The Morgan fingerprint density at radius 1 is 0.875 bits per heavy atom. The van der Waals surface area contributed by atoms with Crippen LogP contribution in [0.2, 0.25) is 0 Å². The second-order valence-corrected chi connectivity index (χ2v) is 9.67. The Hall–Kier alpha value is -4.52. The number of likely N-dealkylation sites (tertiary alicyclic amines) is 1. The number of anilines is 2. The predicted molar refractivity (Wildman–Crippen MR) is 154 cm³/mol. The van der Waals surface area contributed by atoms with Gasteiger partial charge >= 0.3 is 6.03 Å². The minimum absolute atomic E-state index is 0.157. The van der Waals surface area contributed by atoms with Crippen molar-refractivity contribution < 1.29 is 18.3 Å². The second-order valence-electron chi connectivity index (χ2n) is 9.67. The Morgan fingerprint density at radius 3 is 1.98 bits per heavy atom. The Morgan fingerprint density at radius 2 is 1.45 bits per heavy atom. The lowest BCUT2D eigenvalue weighted by Crippen LogP contribution is -2.44. The number of urea groups is 1. The van der Waals surface area contributed by atoms with E-state index in [0.717, 1.165) is 33.6 Å². The third kappa shape index (κ3) is 5.88. The van der Waals surface area contributed by atoms with E-state index in [1.165, 1.54) is 24.3 Å². The third-order valence-electron chi connectivity index (χ3n) is 7.05. The standard InChI is InChI=1S/C33H31F2N3O2/c1-3-40-30-16-14-29(15-17-30)38(32-23(2)5-4-20-36-32)33(39)37-21-18-26(19-22-37)31(24-6-10-27(34)11-7-24)25-8-12-28(35)13-9-25/h4-17,20H,3,18-19,21-22H2,1-2H3. The normalized spacial score (nSPS) is 13.2. The zero-order chi connectivity index (χ0) is 28.1. The largest absolute Gasteiger partial charge is 0.494 e. The maximum absolute atomic E-state index is 14.0. The van der Waals surface area contributed by atoms with Crippen LogP contribution in [0.3, 0.4) is 0 Å². The average Bonchev–Trinajstić information content (AvgIpc) is 2.98. The molecule has 0 saturated carbocycles. The van der Waals surface area contributed by atoms with Gasteiger partial charge in [-0.2, -0.15) is 0 Å². The first-order valence-corrected chi connectivity index (χ1v) is 13.4. The Balaban J connectivity index is 1.45. The lowest BCUT2D eigenvalue weighted by atomic mass is 9.88. The van der Waals surface area contributed by atoms with Gasteiger partial charge in [-0.25, -0.2) is 23.5 Å². The van der Waals surface area contributed by atoms with Gasteiger partial charge in [-0.3, -0.25) is 0 Å². The van der Waals surface area contributed by atoms with E-state index in [9.17, 15) is 13.6 Å². The first-order chi connectivity index (χ1) is 19.4. The molecule has 5 rings (SSSR count). The highest BCUT2D eigenvalue weighted by Gasteiger charge is 2.29. The quantitative estimate of drug-likeness (QED) is 0.250. The van der Waals surface area contributed by atoms with Crippen molar-refractivity contribution in [3.8, 4) is 5.75 Å². The molecule has 7 heteroatoms. The van der Waals surface area contributed by atoms with E-state index in [0.29, 0.717) is 44.0 Å². The van der Waals surface area contributed by atoms with Crippen LogP contribution < -0.4 is 9.64 Å². The van der Waals surface area contributed by atoms with Gasteiger partial charge in [-0.1, -0.05) is 35.9 Å². The number of piperidine rings is 1. The van der Waals surface area contributed by atoms with Gasteiger partial charge in [0.25, 0.3) is 0 Å². The molecule has 2 heterocycles. The first-order valence-electron chi connectivity index (χ1n) is 13.4. The van der Waals surface area contributed by atoms with Crippen LogP contribution in [-0.4, -0.2) is 35.6 Å². The monoisotopic (exact) mass is 539 g/mol. The molecule has 1 aromatic heterocycles. The summed E-state index contributed by atoms with van der Waals surface area (Å²) in [5.74, 6) is 0.688. The summed E-state index contributed by atoms with van der Waals surface area (Å²) in [5.41, 5.74) is 5.41. The summed E-state index contributed by atoms with van der Waals surface area (Å²) in [6.45, 7) is 5.42. The van der Waals surface area contributed by atoms with Crippen LogP contribution >= 0.6 is 0 Å². The molecule has 4 aromatic rings. The Kier molecular flexibility index (Phi) is 8.20. The van der Waals surface area contributed by atoms with Crippen LogP contribution in [-0.2, 0) is 0 Å². The van der Waals surface area contributed by atoms with Crippen LogP contribution in [0, 0.1) is 18.6 Å². The van der Waals surface area contributed by atoms with Crippen LogP contribution in [0.4, 0.5) is 25.1 Å². The van der Waals surface area contributed by atoms with Gasteiger partial charge in [-0.15, -0.1) is 0 Å². The van der Waals surface area contributed by atoms with E-state index in [4.69, 9.17) is 4.74 Å². The highest BCUT2D eigenvalue weighted by Crippen LogP contribution is 2.35. The lowest BCUT2D eigenvalue weighted by Gasteiger charge is -2.34. The fraction of sp³-hybridized carbons (Fsp3) is 0.212. The van der Waals surface area contributed by atoms with Gasteiger partial charge < -0.3 is 9.64 Å².